The van der Waals surface area contributed by atoms with Crippen molar-refractivity contribution in [3.05, 3.63) is 59.7 Å². The fourth-order valence-electron chi connectivity index (χ4n) is 3.40. The fraction of sp³-hybridized carbons (Fsp3) is 0.462. The van der Waals surface area contributed by atoms with E-state index in [9.17, 15) is 10.2 Å². The van der Waals surface area contributed by atoms with Gasteiger partial charge in [-0.1, -0.05) is 24.3 Å². The summed E-state index contributed by atoms with van der Waals surface area (Å²) < 4.78 is 0. The molecule has 0 atom stereocenters. The lowest BCUT2D eigenvalue weighted by Gasteiger charge is -2.31. The summed E-state index contributed by atoms with van der Waals surface area (Å²) in [6.07, 6.45) is 3.49. The van der Waals surface area contributed by atoms with Crippen molar-refractivity contribution in [3.63, 3.8) is 0 Å². The smallest absolute Gasteiger partial charge is 0.124 e. The first-order chi connectivity index (χ1) is 15.4. The van der Waals surface area contributed by atoms with Crippen molar-refractivity contribution in [2.45, 2.75) is 39.8 Å². The van der Waals surface area contributed by atoms with E-state index in [0.29, 0.717) is 25.2 Å². The molecule has 0 aliphatic rings. The summed E-state index contributed by atoms with van der Waals surface area (Å²) in [6, 6.07) is 15.4. The first-order valence-electron chi connectivity index (χ1n) is 11.4. The summed E-state index contributed by atoms with van der Waals surface area (Å²) in [5.41, 5.74) is 1.50. The standard InChI is InChI=1S/C26H38N4O2/c1-21(2)29(15-13-27-19-23-9-5-7-11-25(23)31)17-18-30(22(3)4)16-14-28-20-24-10-6-8-12-26(24)32/h5-12,19-22,31-32H,13-18H2,1-4H3. The highest BCUT2D eigenvalue weighted by molar-refractivity contribution is 5.83. The van der Waals surface area contributed by atoms with E-state index in [2.05, 4.69) is 47.5 Å². The Morgan fingerprint density at radius 2 is 1.03 bits per heavy atom. The lowest BCUT2D eigenvalue weighted by Crippen LogP contribution is -2.43. The molecule has 0 radical (unpaired) electrons. The second kappa shape index (κ2) is 13.7. The van der Waals surface area contributed by atoms with Gasteiger partial charge in [-0.3, -0.25) is 19.8 Å². The first kappa shape index (κ1) is 25.6. The van der Waals surface area contributed by atoms with Gasteiger partial charge >= 0.3 is 0 Å². The summed E-state index contributed by atoms with van der Waals surface area (Å²) in [4.78, 5) is 13.9. The van der Waals surface area contributed by atoms with Gasteiger partial charge in [0.15, 0.2) is 0 Å². The molecule has 2 rings (SSSR count). The molecule has 2 aromatic rings. The summed E-state index contributed by atoms with van der Waals surface area (Å²) in [7, 11) is 0. The second-order valence-electron chi connectivity index (χ2n) is 8.45. The molecule has 0 aliphatic carbocycles. The van der Waals surface area contributed by atoms with Crippen LogP contribution in [-0.2, 0) is 0 Å². The molecule has 2 aromatic carbocycles. The number of nitrogens with zero attached hydrogens (tertiary/aromatic N) is 4. The Balaban J connectivity index is 1.81. The maximum Gasteiger partial charge on any atom is 0.124 e. The molecular formula is C26H38N4O2. The molecular weight excluding hydrogens is 400 g/mol. The van der Waals surface area contributed by atoms with Crippen LogP contribution in [0, 0.1) is 0 Å². The third-order valence-corrected chi connectivity index (χ3v) is 5.50. The molecule has 0 bridgehead atoms. The van der Waals surface area contributed by atoms with Crippen molar-refractivity contribution in [3.8, 4) is 11.5 Å². The number of benzene rings is 2. The molecule has 6 heteroatoms. The van der Waals surface area contributed by atoms with Gasteiger partial charge in [0.1, 0.15) is 11.5 Å². The Morgan fingerprint density at radius 3 is 1.38 bits per heavy atom. The quantitative estimate of drug-likeness (QED) is 0.463. The van der Waals surface area contributed by atoms with Gasteiger partial charge in [0, 0.05) is 61.8 Å². The van der Waals surface area contributed by atoms with Gasteiger partial charge in [0.05, 0.1) is 13.1 Å². The van der Waals surface area contributed by atoms with Crippen LogP contribution < -0.4 is 0 Å². The molecule has 2 N–H and O–H groups in total. The molecule has 6 nitrogen and oxygen atoms in total. The lowest BCUT2D eigenvalue weighted by molar-refractivity contribution is 0.160. The van der Waals surface area contributed by atoms with Gasteiger partial charge in [-0.2, -0.15) is 0 Å². The molecule has 0 saturated carbocycles. The van der Waals surface area contributed by atoms with Gasteiger partial charge in [-0.25, -0.2) is 0 Å². The number of para-hydroxylation sites is 2. The van der Waals surface area contributed by atoms with Crippen LogP contribution in [0.1, 0.15) is 38.8 Å². The molecule has 0 aromatic heterocycles. The molecule has 0 aliphatic heterocycles. The number of hydrogen-bond acceptors (Lipinski definition) is 6. The zero-order valence-electron chi connectivity index (χ0n) is 19.9. The van der Waals surface area contributed by atoms with Gasteiger partial charge in [-0.15, -0.1) is 0 Å². The third kappa shape index (κ3) is 8.81. The van der Waals surface area contributed by atoms with Crippen molar-refractivity contribution in [1.29, 1.82) is 0 Å². The highest BCUT2D eigenvalue weighted by Crippen LogP contribution is 2.13. The second-order valence-corrected chi connectivity index (χ2v) is 8.45. The zero-order chi connectivity index (χ0) is 23.3. The van der Waals surface area contributed by atoms with Crippen molar-refractivity contribution in [1.82, 2.24) is 9.80 Å². The molecule has 174 valence electrons. The summed E-state index contributed by atoms with van der Waals surface area (Å²) in [5.74, 6) is 0.518. The van der Waals surface area contributed by atoms with E-state index in [1.807, 2.05) is 36.4 Å². The van der Waals surface area contributed by atoms with Gasteiger partial charge in [0.2, 0.25) is 0 Å². The van der Waals surface area contributed by atoms with E-state index < -0.39 is 0 Å². The first-order valence-corrected chi connectivity index (χ1v) is 11.4. The molecule has 0 unspecified atom stereocenters. The highest BCUT2D eigenvalue weighted by Gasteiger charge is 2.13. The van der Waals surface area contributed by atoms with Crippen LogP contribution in [0.2, 0.25) is 0 Å². The molecule has 0 amide bonds. The number of rotatable bonds is 13. The van der Waals surface area contributed by atoms with Crippen molar-refractivity contribution in [2.75, 3.05) is 39.3 Å². The van der Waals surface area contributed by atoms with E-state index in [1.165, 1.54) is 0 Å². The Labute approximate surface area is 192 Å². The van der Waals surface area contributed by atoms with Crippen LogP contribution in [0.25, 0.3) is 0 Å². The molecule has 0 fully saturated rings. The lowest BCUT2D eigenvalue weighted by atomic mass is 10.2. The van der Waals surface area contributed by atoms with Crippen LogP contribution in [0.15, 0.2) is 58.5 Å². The van der Waals surface area contributed by atoms with Gasteiger partial charge in [-0.05, 0) is 52.0 Å². The molecule has 0 saturated heterocycles. The van der Waals surface area contributed by atoms with Crippen LogP contribution in [0.4, 0.5) is 0 Å². The van der Waals surface area contributed by atoms with E-state index in [4.69, 9.17) is 0 Å². The topological polar surface area (TPSA) is 71.7 Å². The average Bonchev–Trinajstić information content (AvgIpc) is 2.76. The predicted octanol–water partition coefficient (Wildman–Crippen LogP) is 4.06. The fourth-order valence-corrected chi connectivity index (χ4v) is 3.40. The van der Waals surface area contributed by atoms with Crippen LogP contribution in [0.3, 0.4) is 0 Å². The number of phenolic OH excluding ortho intramolecular Hbond substituents is 2. The van der Waals surface area contributed by atoms with Gasteiger partial charge < -0.3 is 10.2 Å². The van der Waals surface area contributed by atoms with Crippen LogP contribution in [-0.4, -0.2) is 83.8 Å². The molecule has 0 spiro atoms. The van der Waals surface area contributed by atoms with Gasteiger partial charge in [0.25, 0.3) is 0 Å². The van der Waals surface area contributed by atoms with E-state index >= 15 is 0 Å². The van der Waals surface area contributed by atoms with Crippen molar-refractivity contribution >= 4 is 12.4 Å². The highest BCUT2D eigenvalue weighted by atomic mass is 16.3. The minimum atomic E-state index is 0.259. The van der Waals surface area contributed by atoms with Crippen LogP contribution in [0.5, 0.6) is 11.5 Å². The Kier molecular flexibility index (Phi) is 10.9. The Hall–Kier alpha value is -2.70. The maximum absolute atomic E-state index is 9.84. The minimum absolute atomic E-state index is 0.259. The van der Waals surface area contributed by atoms with Crippen LogP contribution >= 0.6 is 0 Å². The SMILES string of the molecule is CC(C)N(CCN=Cc1ccccc1O)CCN(CCN=Cc1ccccc1O)C(C)C. The predicted molar refractivity (Wildman–Crippen MR) is 135 cm³/mol. The van der Waals surface area contributed by atoms with Crippen molar-refractivity contribution in [2.24, 2.45) is 9.98 Å². The number of phenols is 2. The zero-order valence-corrected chi connectivity index (χ0v) is 19.9. The van der Waals surface area contributed by atoms with E-state index in [0.717, 1.165) is 37.3 Å². The van der Waals surface area contributed by atoms with E-state index in [1.54, 1.807) is 24.6 Å². The number of aromatic hydroxyl groups is 2. The minimum Gasteiger partial charge on any atom is -0.507 e. The number of hydrogen-bond donors (Lipinski definition) is 2. The number of aliphatic imine (C=N–C) groups is 2. The molecule has 32 heavy (non-hydrogen) atoms. The largest absolute Gasteiger partial charge is 0.507 e. The van der Waals surface area contributed by atoms with Crippen molar-refractivity contribution < 1.29 is 10.2 Å². The molecule has 0 heterocycles. The summed E-state index contributed by atoms with van der Waals surface area (Å²) in [5, 5.41) is 19.7. The monoisotopic (exact) mass is 438 g/mol. The summed E-state index contributed by atoms with van der Waals surface area (Å²) >= 11 is 0. The average molecular weight is 439 g/mol. The maximum atomic E-state index is 9.84. The summed E-state index contributed by atoms with van der Waals surface area (Å²) in [6.45, 7) is 13.9. The third-order valence-electron chi connectivity index (χ3n) is 5.50. The Morgan fingerprint density at radius 1 is 0.656 bits per heavy atom. The Bertz CT molecular complexity index is 793. The normalized spacial score (nSPS) is 12.4. The van der Waals surface area contributed by atoms with E-state index in [-0.39, 0.29) is 11.5 Å².